The fourth-order valence-corrected chi connectivity index (χ4v) is 3.13. The molecule has 0 saturated carbocycles. The van der Waals surface area contributed by atoms with Gasteiger partial charge in [-0.1, -0.05) is 78.1 Å². The van der Waals surface area contributed by atoms with Gasteiger partial charge >= 0.3 is 0 Å². The van der Waals surface area contributed by atoms with Gasteiger partial charge in [-0.15, -0.1) is 0 Å². The third-order valence-corrected chi connectivity index (χ3v) is 4.59. The summed E-state index contributed by atoms with van der Waals surface area (Å²) in [5.74, 6) is 1.97. The lowest BCUT2D eigenvalue weighted by molar-refractivity contribution is 0.193. The molecule has 1 aliphatic carbocycles. The minimum Gasteiger partial charge on any atom is -0.498 e. The van der Waals surface area contributed by atoms with Gasteiger partial charge in [-0.2, -0.15) is 0 Å². The topological polar surface area (TPSA) is 9.23 Å². The molecule has 0 fully saturated rings. The Kier molecular flexibility index (Phi) is 11.7. The molecule has 1 heteroatoms. The van der Waals surface area contributed by atoms with Gasteiger partial charge in [-0.25, -0.2) is 0 Å². The summed E-state index contributed by atoms with van der Waals surface area (Å²) < 4.78 is 6.04. The Morgan fingerprint density at radius 2 is 1.48 bits per heavy atom. The van der Waals surface area contributed by atoms with Crippen molar-refractivity contribution in [3.63, 3.8) is 0 Å². The van der Waals surface area contributed by atoms with E-state index in [-0.39, 0.29) is 0 Å². The Hall–Kier alpha value is -0.460. The lowest BCUT2D eigenvalue weighted by atomic mass is 10.0. The first kappa shape index (κ1) is 18.6. The molecule has 1 unspecified atom stereocenters. The van der Waals surface area contributed by atoms with Crippen molar-refractivity contribution in [2.24, 2.45) is 5.92 Å². The van der Waals surface area contributed by atoms with E-state index in [1.54, 1.807) is 0 Å². The summed E-state index contributed by atoms with van der Waals surface area (Å²) in [5, 5.41) is 0. The molecule has 0 saturated heterocycles. The van der Waals surface area contributed by atoms with E-state index < -0.39 is 0 Å². The highest BCUT2D eigenvalue weighted by molar-refractivity contribution is 4.96. The van der Waals surface area contributed by atoms with Crippen LogP contribution in [0.15, 0.2) is 11.8 Å². The first-order chi connectivity index (χ1) is 10.3. The van der Waals surface area contributed by atoms with Crippen LogP contribution in [-0.4, -0.2) is 6.61 Å². The molecule has 0 aromatic carbocycles. The van der Waals surface area contributed by atoms with Gasteiger partial charge in [-0.05, 0) is 31.3 Å². The Bertz CT molecular complexity index is 257. The van der Waals surface area contributed by atoms with Crippen molar-refractivity contribution in [1.29, 1.82) is 0 Å². The van der Waals surface area contributed by atoms with E-state index in [4.69, 9.17) is 4.74 Å². The van der Waals surface area contributed by atoms with E-state index in [9.17, 15) is 0 Å². The van der Waals surface area contributed by atoms with Gasteiger partial charge < -0.3 is 4.74 Å². The summed E-state index contributed by atoms with van der Waals surface area (Å²) in [6.07, 6.45) is 21.5. The first-order valence-corrected chi connectivity index (χ1v) is 9.66. The maximum Gasteiger partial charge on any atom is 0.0922 e. The van der Waals surface area contributed by atoms with Crippen LogP contribution in [0.2, 0.25) is 0 Å². The zero-order valence-electron chi connectivity index (χ0n) is 14.7. The largest absolute Gasteiger partial charge is 0.498 e. The second-order valence-electron chi connectivity index (χ2n) is 6.89. The highest BCUT2D eigenvalue weighted by Gasteiger charge is 2.05. The number of unbranched alkanes of at least 4 members (excludes halogenated alkanes) is 1. The number of hydrogen-bond donors (Lipinski definition) is 0. The molecule has 0 spiro atoms. The Morgan fingerprint density at radius 3 is 2.10 bits per heavy atom. The smallest absolute Gasteiger partial charge is 0.0922 e. The van der Waals surface area contributed by atoms with E-state index in [2.05, 4.69) is 19.9 Å². The van der Waals surface area contributed by atoms with E-state index in [1.165, 1.54) is 89.2 Å². The van der Waals surface area contributed by atoms with Crippen LogP contribution < -0.4 is 0 Å². The third-order valence-electron chi connectivity index (χ3n) is 4.59. The van der Waals surface area contributed by atoms with Crippen molar-refractivity contribution in [3.8, 4) is 0 Å². The lowest BCUT2D eigenvalue weighted by Gasteiger charge is -2.13. The van der Waals surface area contributed by atoms with E-state index >= 15 is 0 Å². The molecule has 1 rings (SSSR count). The molecule has 0 heterocycles. The van der Waals surface area contributed by atoms with Gasteiger partial charge in [0.15, 0.2) is 0 Å². The van der Waals surface area contributed by atoms with Crippen LogP contribution in [-0.2, 0) is 4.74 Å². The first-order valence-electron chi connectivity index (χ1n) is 9.66. The van der Waals surface area contributed by atoms with Crippen LogP contribution in [0.3, 0.4) is 0 Å². The fourth-order valence-electron chi connectivity index (χ4n) is 3.13. The Labute approximate surface area is 133 Å². The quantitative estimate of drug-likeness (QED) is 0.506. The van der Waals surface area contributed by atoms with E-state index in [1.807, 2.05) is 0 Å². The molecule has 0 N–H and O–H groups in total. The van der Waals surface area contributed by atoms with Crippen molar-refractivity contribution in [1.82, 2.24) is 0 Å². The minimum absolute atomic E-state index is 0.687. The summed E-state index contributed by atoms with van der Waals surface area (Å²) >= 11 is 0. The molecule has 0 aliphatic heterocycles. The van der Waals surface area contributed by atoms with Crippen molar-refractivity contribution in [2.75, 3.05) is 6.61 Å². The van der Waals surface area contributed by atoms with Gasteiger partial charge in [-0.3, -0.25) is 0 Å². The molecule has 21 heavy (non-hydrogen) atoms. The van der Waals surface area contributed by atoms with Gasteiger partial charge in [0.25, 0.3) is 0 Å². The second-order valence-corrected chi connectivity index (χ2v) is 6.89. The molecule has 124 valence electrons. The van der Waals surface area contributed by atoms with Gasteiger partial charge in [0.1, 0.15) is 0 Å². The monoisotopic (exact) mass is 294 g/mol. The molecule has 1 nitrogen and oxygen atoms in total. The van der Waals surface area contributed by atoms with Crippen LogP contribution >= 0.6 is 0 Å². The molecule has 0 aromatic heterocycles. The second kappa shape index (κ2) is 13.2. The Balaban J connectivity index is 2.42. The number of hydrogen-bond acceptors (Lipinski definition) is 1. The van der Waals surface area contributed by atoms with Crippen LogP contribution in [0.4, 0.5) is 0 Å². The molecule has 0 aromatic rings. The zero-order chi connectivity index (χ0) is 15.2. The number of rotatable bonds is 4. The summed E-state index contributed by atoms with van der Waals surface area (Å²) in [6, 6.07) is 0. The van der Waals surface area contributed by atoms with Crippen LogP contribution in [0.1, 0.15) is 104 Å². The maximum absolute atomic E-state index is 6.04. The molecular weight excluding hydrogens is 256 g/mol. The molecular formula is C20H38O. The maximum atomic E-state index is 6.04. The number of ether oxygens (including phenoxy) is 1. The fraction of sp³-hybridized carbons (Fsp3) is 0.900. The minimum atomic E-state index is 0.687. The molecule has 0 radical (unpaired) electrons. The lowest BCUT2D eigenvalue weighted by Crippen LogP contribution is -1.99. The van der Waals surface area contributed by atoms with Crippen LogP contribution in [0.25, 0.3) is 0 Å². The predicted molar refractivity (Wildman–Crippen MR) is 93.5 cm³/mol. The van der Waals surface area contributed by atoms with Crippen LogP contribution in [0.5, 0.6) is 0 Å². The molecule has 0 bridgehead atoms. The Morgan fingerprint density at radius 1 is 0.905 bits per heavy atom. The average Bonchev–Trinajstić information content (AvgIpc) is 2.48. The molecule has 0 amide bonds. The van der Waals surface area contributed by atoms with Crippen molar-refractivity contribution >= 4 is 0 Å². The van der Waals surface area contributed by atoms with Gasteiger partial charge in [0, 0.05) is 6.42 Å². The highest BCUT2D eigenvalue weighted by Crippen LogP contribution is 2.20. The normalized spacial score (nSPS) is 26.2. The van der Waals surface area contributed by atoms with Crippen molar-refractivity contribution < 1.29 is 4.74 Å². The molecule has 1 atom stereocenters. The van der Waals surface area contributed by atoms with Gasteiger partial charge in [0.2, 0.25) is 0 Å². The van der Waals surface area contributed by atoms with E-state index in [0.717, 1.165) is 13.0 Å². The molecule has 1 aliphatic rings. The summed E-state index contributed by atoms with van der Waals surface area (Å²) in [6.45, 7) is 5.51. The summed E-state index contributed by atoms with van der Waals surface area (Å²) in [4.78, 5) is 0. The SMILES string of the molecule is CCCCO/C1=C/C(C)CCCCCCCCCCCC1. The summed E-state index contributed by atoms with van der Waals surface area (Å²) in [5.41, 5.74) is 0. The van der Waals surface area contributed by atoms with E-state index in [0.29, 0.717) is 5.92 Å². The number of allylic oxidation sites excluding steroid dienone is 2. The van der Waals surface area contributed by atoms with Gasteiger partial charge in [0.05, 0.1) is 12.4 Å². The zero-order valence-corrected chi connectivity index (χ0v) is 14.7. The standard InChI is InChI=1S/C20H38O/c1-3-4-17-21-20-16-14-12-10-8-6-5-7-9-11-13-15-19(2)18-20/h18-19H,3-17H2,1-2H3/b20-18+. The predicted octanol–water partition coefficient (Wildman–Crippen LogP) is 7.02. The summed E-state index contributed by atoms with van der Waals surface area (Å²) in [7, 11) is 0. The van der Waals surface area contributed by atoms with Crippen LogP contribution in [0, 0.1) is 5.92 Å². The third kappa shape index (κ3) is 10.8. The average molecular weight is 295 g/mol. The van der Waals surface area contributed by atoms with Crippen molar-refractivity contribution in [2.45, 2.75) is 104 Å². The highest BCUT2D eigenvalue weighted by atomic mass is 16.5. The van der Waals surface area contributed by atoms with Crippen molar-refractivity contribution in [3.05, 3.63) is 11.8 Å².